The first-order valence-electron chi connectivity index (χ1n) is 13.8. The number of nitrogens with zero attached hydrogens (tertiary/aromatic N) is 1. The Morgan fingerprint density at radius 2 is 1.79 bits per heavy atom. The van der Waals surface area contributed by atoms with Gasteiger partial charge >= 0.3 is 11.9 Å². The van der Waals surface area contributed by atoms with Crippen molar-refractivity contribution in [2.45, 2.75) is 51.9 Å². The van der Waals surface area contributed by atoms with E-state index in [1.165, 1.54) is 31.9 Å². The van der Waals surface area contributed by atoms with E-state index in [1.54, 1.807) is 6.92 Å². The number of cyclic esters (lactones) is 1. The molecule has 1 saturated heterocycles. The third-order valence-electron chi connectivity index (χ3n) is 6.92. The summed E-state index contributed by atoms with van der Waals surface area (Å²) in [6.07, 6.45) is 1.67. The maximum Gasteiger partial charge on any atom is 0.331 e. The van der Waals surface area contributed by atoms with E-state index in [-0.39, 0.29) is 36.3 Å². The van der Waals surface area contributed by atoms with Crippen LogP contribution in [0.25, 0.3) is 0 Å². The predicted octanol–water partition coefficient (Wildman–Crippen LogP) is 4.08. The summed E-state index contributed by atoms with van der Waals surface area (Å²) in [6.45, 7) is 5.10. The van der Waals surface area contributed by atoms with E-state index in [0.29, 0.717) is 5.75 Å². The van der Waals surface area contributed by atoms with Gasteiger partial charge in [-0.1, -0.05) is 48.0 Å². The Kier molecular flexibility index (Phi) is 10.5. The fourth-order valence-corrected chi connectivity index (χ4v) is 4.75. The number of nitrogens with one attached hydrogen (secondary N) is 1. The third kappa shape index (κ3) is 8.07. The number of amides is 1. The zero-order valence-electron chi connectivity index (χ0n) is 24.2. The van der Waals surface area contributed by atoms with Gasteiger partial charge in [-0.15, -0.1) is 0 Å². The fraction of sp³-hybridized carbons (Fsp3) is 0.375. The summed E-state index contributed by atoms with van der Waals surface area (Å²) in [7, 11) is 1.37. The van der Waals surface area contributed by atoms with Crippen LogP contribution >= 0.6 is 0 Å². The van der Waals surface area contributed by atoms with Crippen molar-refractivity contribution in [3.05, 3.63) is 83.7 Å². The van der Waals surface area contributed by atoms with Gasteiger partial charge in [0.1, 0.15) is 18.0 Å². The van der Waals surface area contributed by atoms with Crippen molar-refractivity contribution in [3.63, 3.8) is 0 Å². The first-order chi connectivity index (χ1) is 20.2. The molecule has 0 radical (unpaired) electrons. The molecule has 1 aliphatic rings. The second-order valence-corrected chi connectivity index (χ2v) is 10.2. The summed E-state index contributed by atoms with van der Waals surface area (Å²) in [4.78, 5) is 42.3. The molecule has 10 heteroatoms. The average molecular weight is 577 g/mol. The van der Waals surface area contributed by atoms with Gasteiger partial charge in [-0.25, -0.2) is 9.78 Å². The van der Waals surface area contributed by atoms with Crippen LogP contribution in [0.15, 0.2) is 66.9 Å². The Balaban J connectivity index is 1.54. The molecule has 0 unspecified atom stereocenters. The van der Waals surface area contributed by atoms with Crippen molar-refractivity contribution in [2.75, 3.05) is 20.3 Å². The maximum atomic E-state index is 13.3. The highest BCUT2D eigenvalue weighted by atomic mass is 16.6. The predicted molar refractivity (Wildman–Crippen MR) is 154 cm³/mol. The molecule has 0 spiro atoms. The van der Waals surface area contributed by atoms with Gasteiger partial charge in [0.05, 0.1) is 20.3 Å². The van der Waals surface area contributed by atoms with Crippen molar-refractivity contribution < 1.29 is 38.1 Å². The van der Waals surface area contributed by atoms with Gasteiger partial charge in [0.2, 0.25) is 5.75 Å². The zero-order chi connectivity index (χ0) is 30.1. The molecule has 1 aromatic heterocycles. The summed E-state index contributed by atoms with van der Waals surface area (Å²) in [6, 6.07) is 18.1. The summed E-state index contributed by atoms with van der Waals surface area (Å²) in [5.41, 5.74) is 2.06. The van der Waals surface area contributed by atoms with Crippen molar-refractivity contribution in [3.8, 4) is 17.2 Å². The van der Waals surface area contributed by atoms with Crippen molar-refractivity contribution in [2.24, 2.45) is 5.92 Å². The number of carbonyl (C=O) groups excluding carboxylic acids is 3. The normalized spacial score (nSPS) is 20.7. The number of hydrogen-bond donors (Lipinski definition) is 1. The quantitative estimate of drug-likeness (QED) is 0.376. The summed E-state index contributed by atoms with van der Waals surface area (Å²) >= 11 is 0. The second-order valence-electron chi connectivity index (χ2n) is 10.2. The smallest absolute Gasteiger partial charge is 0.331 e. The number of pyridine rings is 1. The summed E-state index contributed by atoms with van der Waals surface area (Å²) < 4.78 is 28.7. The number of benzene rings is 2. The van der Waals surface area contributed by atoms with Crippen LogP contribution in [0.4, 0.5) is 0 Å². The molecule has 1 N–H and O–H groups in total. The summed E-state index contributed by atoms with van der Waals surface area (Å²) in [5, 5.41) is 2.62. The van der Waals surface area contributed by atoms with E-state index in [4.69, 9.17) is 23.7 Å². The minimum Gasteiger partial charge on any atom is -0.493 e. The summed E-state index contributed by atoms with van der Waals surface area (Å²) in [5.74, 6) is -1.57. The molecule has 0 aliphatic carbocycles. The van der Waals surface area contributed by atoms with Crippen LogP contribution in [0, 0.1) is 12.8 Å². The van der Waals surface area contributed by atoms with Crippen LogP contribution in [0.2, 0.25) is 0 Å². The van der Waals surface area contributed by atoms with Crippen molar-refractivity contribution in [1.82, 2.24) is 10.3 Å². The number of ether oxygens (including phenoxy) is 5. The molecule has 1 aliphatic heterocycles. The van der Waals surface area contributed by atoms with Crippen LogP contribution in [-0.2, 0) is 25.5 Å². The molecule has 1 amide bonds. The minimum absolute atomic E-state index is 0.126. The first-order valence-corrected chi connectivity index (χ1v) is 13.8. The van der Waals surface area contributed by atoms with E-state index in [9.17, 15) is 14.4 Å². The highest BCUT2D eigenvalue weighted by Crippen LogP contribution is 2.30. The van der Waals surface area contributed by atoms with E-state index in [2.05, 4.69) is 22.4 Å². The van der Waals surface area contributed by atoms with Gasteiger partial charge in [0.15, 0.2) is 17.5 Å². The van der Waals surface area contributed by atoms with E-state index in [0.717, 1.165) is 18.4 Å². The molecule has 222 valence electrons. The fourth-order valence-electron chi connectivity index (χ4n) is 4.75. The van der Waals surface area contributed by atoms with Gasteiger partial charge < -0.3 is 29.0 Å². The lowest BCUT2D eigenvalue weighted by atomic mass is 9.92. The Hall–Kier alpha value is -4.44. The molecule has 4 rings (SSSR count). The Morgan fingerprint density at radius 1 is 1.05 bits per heavy atom. The minimum atomic E-state index is -1.15. The van der Waals surface area contributed by atoms with Crippen LogP contribution in [0.1, 0.15) is 41.9 Å². The molecule has 1 fully saturated rings. The number of esters is 2. The number of methoxy groups -OCH3 is 1. The van der Waals surface area contributed by atoms with Crippen LogP contribution in [0.5, 0.6) is 17.2 Å². The number of hydrogen-bond acceptors (Lipinski definition) is 9. The van der Waals surface area contributed by atoms with Crippen molar-refractivity contribution >= 4 is 17.8 Å². The van der Waals surface area contributed by atoms with Crippen LogP contribution in [0.3, 0.4) is 0 Å². The lowest BCUT2D eigenvalue weighted by Crippen LogP contribution is -2.47. The van der Waals surface area contributed by atoms with Gasteiger partial charge in [-0.05, 0) is 44.4 Å². The Bertz CT molecular complexity index is 1360. The molecule has 10 nitrogen and oxygen atoms in total. The topological polar surface area (TPSA) is 122 Å². The second kappa shape index (κ2) is 14.5. The van der Waals surface area contributed by atoms with Gasteiger partial charge in [0, 0.05) is 25.1 Å². The number of rotatable bonds is 9. The zero-order valence-corrected chi connectivity index (χ0v) is 24.2. The van der Waals surface area contributed by atoms with Crippen LogP contribution in [-0.4, -0.2) is 61.4 Å². The van der Waals surface area contributed by atoms with Crippen molar-refractivity contribution in [1.29, 1.82) is 0 Å². The lowest BCUT2D eigenvalue weighted by Gasteiger charge is -2.31. The molecular weight excluding hydrogens is 540 g/mol. The number of aromatic nitrogens is 1. The average Bonchev–Trinajstić information content (AvgIpc) is 3.02. The number of carbonyl (C=O) groups is 3. The molecule has 42 heavy (non-hydrogen) atoms. The highest BCUT2D eigenvalue weighted by molar-refractivity contribution is 5.98. The molecule has 3 aromatic rings. The molecule has 0 bridgehead atoms. The van der Waals surface area contributed by atoms with E-state index < -0.39 is 36.1 Å². The molecule has 4 atom stereocenters. The van der Waals surface area contributed by atoms with E-state index >= 15 is 0 Å². The number of aryl methyl sites for hydroxylation is 2. The van der Waals surface area contributed by atoms with Gasteiger partial charge in [-0.2, -0.15) is 0 Å². The molecule has 0 saturated carbocycles. The molecule has 2 heterocycles. The highest BCUT2D eigenvalue weighted by Gasteiger charge is 2.37. The van der Waals surface area contributed by atoms with E-state index in [1.807, 2.05) is 49.4 Å². The van der Waals surface area contributed by atoms with Crippen LogP contribution < -0.4 is 19.5 Å². The monoisotopic (exact) mass is 576 g/mol. The van der Waals surface area contributed by atoms with Gasteiger partial charge in [0.25, 0.3) is 5.91 Å². The Labute approximate surface area is 245 Å². The third-order valence-corrected chi connectivity index (χ3v) is 6.92. The Morgan fingerprint density at radius 3 is 2.48 bits per heavy atom. The largest absolute Gasteiger partial charge is 0.493 e. The maximum absolute atomic E-state index is 13.3. The first kappa shape index (κ1) is 30.5. The lowest BCUT2D eigenvalue weighted by molar-refractivity contribution is -0.156. The standard InChI is InChI=1S/C32H36N2O8/c1-20-10-14-25(15-11-20)42-29-21(2)40-32(37)26(19-39-18-24(29)13-12-23-8-6-5-7-9-23)34-31(36)28-30(41-22(3)35)27(38-4)16-17-33-28/h5-11,14-17,21,24,26,29H,12-13,18-19H2,1-4H3,(H,34,36)/t21-,24-,26-,29-/m0/s1. The van der Waals surface area contributed by atoms with Gasteiger partial charge in [-0.3, -0.25) is 9.59 Å². The molecule has 2 aromatic carbocycles. The molecular formula is C32H36N2O8. The SMILES string of the molecule is COc1ccnc(C(=O)N[C@H]2COC[C@H](CCc3ccccc3)[C@@H](Oc3ccc(C)cc3)[C@H](C)OC2=O)c1OC(C)=O.